The van der Waals surface area contributed by atoms with Crippen LogP contribution in [0.1, 0.15) is 34.8 Å². The molecule has 0 aliphatic carbocycles. The van der Waals surface area contributed by atoms with Crippen LogP contribution in [0.2, 0.25) is 0 Å². The van der Waals surface area contributed by atoms with Crippen molar-refractivity contribution in [2.45, 2.75) is 18.9 Å². The van der Waals surface area contributed by atoms with Crippen molar-refractivity contribution in [2.24, 2.45) is 0 Å². The van der Waals surface area contributed by atoms with Crippen LogP contribution >= 0.6 is 0 Å². The fourth-order valence-corrected chi connectivity index (χ4v) is 3.09. The lowest BCUT2D eigenvalue weighted by atomic mass is 10.0. The summed E-state index contributed by atoms with van der Waals surface area (Å²) in [5, 5.41) is 0. The van der Waals surface area contributed by atoms with Crippen molar-refractivity contribution in [3.05, 3.63) is 53.9 Å². The van der Waals surface area contributed by atoms with Crippen molar-refractivity contribution in [3.63, 3.8) is 0 Å². The number of carbonyl (C=O) groups is 1. The second-order valence-corrected chi connectivity index (χ2v) is 5.51. The third kappa shape index (κ3) is 2.99. The number of hydrogen-bond acceptors (Lipinski definition) is 4. The Bertz CT molecular complexity index is 688. The molecule has 1 aromatic heterocycles. The van der Waals surface area contributed by atoms with Gasteiger partial charge in [0.15, 0.2) is 0 Å². The number of methoxy groups -OCH3 is 2. The Kier molecular flexibility index (Phi) is 4.46. The van der Waals surface area contributed by atoms with Gasteiger partial charge in [0.05, 0.1) is 25.8 Å². The van der Waals surface area contributed by atoms with Crippen LogP contribution in [0.4, 0.5) is 0 Å². The Morgan fingerprint density at radius 3 is 2.83 bits per heavy atom. The van der Waals surface area contributed by atoms with Gasteiger partial charge < -0.3 is 14.4 Å². The molecule has 1 aliphatic rings. The average molecular weight is 312 g/mol. The molecule has 2 heterocycles. The van der Waals surface area contributed by atoms with Gasteiger partial charge >= 0.3 is 0 Å². The third-order valence-corrected chi connectivity index (χ3v) is 4.22. The lowest BCUT2D eigenvalue weighted by Gasteiger charge is -2.26. The first-order chi connectivity index (χ1) is 11.2. The fraction of sp³-hybridized carbons (Fsp3) is 0.333. The van der Waals surface area contributed by atoms with Crippen LogP contribution in [0, 0.1) is 0 Å². The molecular weight excluding hydrogens is 292 g/mol. The predicted octanol–water partition coefficient (Wildman–Crippen LogP) is 3.08. The van der Waals surface area contributed by atoms with E-state index in [1.165, 1.54) is 0 Å². The van der Waals surface area contributed by atoms with E-state index in [1.54, 1.807) is 38.7 Å². The molecule has 0 radical (unpaired) electrons. The first-order valence-corrected chi connectivity index (χ1v) is 7.67. The van der Waals surface area contributed by atoms with Crippen molar-refractivity contribution in [3.8, 4) is 11.5 Å². The number of nitrogens with zero attached hydrogens (tertiary/aromatic N) is 2. The molecule has 0 saturated carbocycles. The first kappa shape index (κ1) is 15.3. The molecule has 1 aromatic carbocycles. The molecule has 0 spiro atoms. The SMILES string of the molecule is COc1ccc(OC)c([C@@H]2CCCN2C(=O)c2cccnc2)c1. The van der Waals surface area contributed by atoms with Gasteiger partial charge in [-0.3, -0.25) is 9.78 Å². The van der Waals surface area contributed by atoms with Crippen LogP contribution < -0.4 is 9.47 Å². The number of ether oxygens (including phenoxy) is 2. The summed E-state index contributed by atoms with van der Waals surface area (Å²) in [5.41, 5.74) is 1.60. The molecule has 1 fully saturated rings. The number of aromatic nitrogens is 1. The minimum atomic E-state index is -0.00671. The number of carbonyl (C=O) groups excluding carboxylic acids is 1. The van der Waals surface area contributed by atoms with Crippen LogP contribution in [-0.4, -0.2) is 36.6 Å². The second kappa shape index (κ2) is 6.69. The standard InChI is InChI=1S/C18H20N2O3/c1-22-14-7-8-17(23-2)15(11-14)16-6-4-10-20(16)18(21)13-5-3-9-19-12-13/h3,5,7-9,11-12,16H,4,6,10H2,1-2H3/t16-/m0/s1. The predicted molar refractivity (Wildman–Crippen MR) is 86.8 cm³/mol. The maximum absolute atomic E-state index is 12.8. The molecule has 2 aromatic rings. The number of benzene rings is 1. The normalized spacial score (nSPS) is 17.1. The molecule has 1 atom stereocenters. The quantitative estimate of drug-likeness (QED) is 0.870. The highest BCUT2D eigenvalue weighted by Gasteiger charge is 2.32. The van der Waals surface area contributed by atoms with Crippen LogP contribution in [0.5, 0.6) is 11.5 Å². The van der Waals surface area contributed by atoms with E-state index in [1.807, 2.05) is 23.1 Å². The lowest BCUT2D eigenvalue weighted by molar-refractivity contribution is 0.0733. The summed E-state index contributed by atoms with van der Waals surface area (Å²) in [4.78, 5) is 18.7. The largest absolute Gasteiger partial charge is 0.497 e. The van der Waals surface area contributed by atoms with Gasteiger partial charge in [0.2, 0.25) is 0 Å². The van der Waals surface area contributed by atoms with Gasteiger partial charge in [0, 0.05) is 24.5 Å². The summed E-state index contributed by atoms with van der Waals surface area (Å²) in [6, 6.07) is 9.29. The molecule has 1 amide bonds. The van der Waals surface area contributed by atoms with Gasteiger partial charge in [-0.05, 0) is 43.2 Å². The Hall–Kier alpha value is -2.56. The van der Waals surface area contributed by atoms with Gasteiger partial charge in [-0.2, -0.15) is 0 Å². The number of amides is 1. The van der Waals surface area contributed by atoms with Crippen molar-refractivity contribution in [2.75, 3.05) is 20.8 Å². The fourth-order valence-electron chi connectivity index (χ4n) is 3.09. The Morgan fingerprint density at radius 2 is 2.13 bits per heavy atom. The smallest absolute Gasteiger partial charge is 0.255 e. The molecule has 23 heavy (non-hydrogen) atoms. The van der Waals surface area contributed by atoms with E-state index in [0.29, 0.717) is 5.56 Å². The van der Waals surface area contributed by atoms with Gasteiger partial charge in [-0.1, -0.05) is 0 Å². The van der Waals surface area contributed by atoms with E-state index >= 15 is 0 Å². The molecule has 1 saturated heterocycles. The van der Waals surface area contributed by atoms with E-state index in [0.717, 1.165) is 36.4 Å². The van der Waals surface area contributed by atoms with Gasteiger partial charge in [0.25, 0.3) is 5.91 Å². The Morgan fingerprint density at radius 1 is 1.26 bits per heavy atom. The van der Waals surface area contributed by atoms with Crippen molar-refractivity contribution in [1.29, 1.82) is 0 Å². The summed E-state index contributed by atoms with van der Waals surface area (Å²) >= 11 is 0. The maximum atomic E-state index is 12.8. The van der Waals surface area contributed by atoms with Gasteiger partial charge in [-0.25, -0.2) is 0 Å². The van der Waals surface area contributed by atoms with Crippen LogP contribution in [0.3, 0.4) is 0 Å². The Balaban J connectivity index is 1.94. The van der Waals surface area contributed by atoms with E-state index in [4.69, 9.17) is 9.47 Å². The highest BCUT2D eigenvalue weighted by Crippen LogP contribution is 2.39. The Labute approximate surface area is 135 Å². The van der Waals surface area contributed by atoms with Crippen LogP contribution in [0.15, 0.2) is 42.7 Å². The monoisotopic (exact) mass is 312 g/mol. The molecule has 5 heteroatoms. The average Bonchev–Trinajstić information content (AvgIpc) is 3.10. The zero-order chi connectivity index (χ0) is 16.2. The molecule has 3 rings (SSSR count). The summed E-state index contributed by atoms with van der Waals surface area (Å²) in [5.74, 6) is 1.55. The molecule has 0 bridgehead atoms. The summed E-state index contributed by atoms with van der Waals surface area (Å²) in [7, 11) is 3.28. The number of hydrogen-bond donors (Lipinski definition) is 0. The third-order valence-electron chi connectivity index (χ3n) is 4.22. The highest BCUT2D eigenvalue weighted by molar-refractivity contribution is 5.94. The highest BCUT2D eigenvalue weighted by atomic mass is 16.5. The zero-order valence-corrected chi connectivity index (χ0v) is 13.4. The van der Waals surface area contributed by atoms with Crippen molar-refractivity contribution >= 4 is 5.91 Å². The van der Waals surface area contributed by atoms with Crippen molar-refractivity contribution in [1.82, 2.24) is 9.88 Å². The molecule has 0 unspecified atom stereocenters. The minimum absolute atomic E-state index is 0.00507. The first-order valence-electron chi connectivity index (χ1n) is 7.67. The van der Waals surface area contributed by atoms with Crippen LogP contribution in [0.25, 0.3) is 0 Å². The van der Waals surface area contributed by atoms with Crippen LogP contribution in [-0.2, 0) is 0 Å². The number of rotatable bonds is 4. The maximum Gasteiger partial charge on any atom is 0.255 e. The molecule has 0 N–H and O–H groups in total. The summed E-state index contributed by atoms with van der Waals surface area (Å²) < 4.78 is 10.8. The number of pyridine rings is 1. The molecular formula is C18H20N2O3. The number of likely N-dealkylation sites (tertiary alicyclic amines) is 1. The summed E-state index contributed by atoms with van der Waals surface area (Å²) in [6.45, 7) is 0.735. The molecule has 120 valence electrons. The minimum Gasteiger partial charge on any atom is -0.497 e. The molecule has 1 aliphatic heterocycles. The van der Waals surface area contributed by atoms with E-state index in [-0.39, 0.29) is 11.9 Å². The lowest BCUT2D eigenvalue weighted by Crippen LogP contribution is -2.30. The summed E-state index contributed by atoms with van der Waals surface area (Å²) in [6.07, 6.45) is 5.16. The van der Waals surface area contributed by atoms with E-state index in [9.17, 15) is 4.79 Å². The van der Waals surface area contributed by atoms with Crippen molar-refractivity contribution < 1.29 is 14.3 Å². The van der Waals surface area contributed by atoms with Gasteiger partial charge in [-0.15, -0.1) is 0 Å². The zero-order valence-electron chi connectivity index (χ0n) is 13.4. The van der Waals surface area contributed by atoms with Gasteiger partial charge in [0.1, 0.15) is 11.5 Å². The molecule has 5 nitrogen and oxygen atoms in total. The van der Waals surface area contributed by atoms with E-state index in [2.05, 4.69) is 4.98 Å². The topological polar surface area (TPSA) is 51.7 Å². The van der Waals surface area contributed by atoms with E-state index < -0.39 is 0 Å². The second-order valence-electron chi connectivity index (χ2n) is 5.51.